The van der Waals surface area contributed by atoms with Crippen molar-refractivity contribution in [1.29, 1.82) is 0 Å². The summed E-state index contributed by atoms with van der Waals surface area (Å²) < 4.78 is 5.61. The van der Waals surface area contributed by atoms with Crippen LogP contribution >= 0.6 is 34.5 Å². The molecule has 1 N–H and O–H groups in total. The van der Waals surface area contributed by atoms with Crippen LogP contribution in [0.15, 0.2) is 47.8 Å². The Kier molecular flexibility index (Phi) is 6.72. The molecule has 0 aliphatic rings. The molecular formula is C20H18Cl2N2O2S. The van der Waals surface area contributed by atoms with E-state index >= 15 is 0 Å². The summed E-state index contributed by atoms with van der Waals surface area (Å²) in [5, 5.41) is 6.15. The van der Waals surface area contributed by atoms with Crippen LogP contribution in [0.2, 0.25) is 10.0 Å². The lowest BCUT2D eigenvalue weighted by Gasteiger charge is -2.06. The zero-order valence-electron chi connectivity index (χ0n) is 14.7. The summed E-state index contributed by atoms with van der Waals surface area (Å²) in [5.41, 5.74) is 2.12. The second-order valence-corrected chi connectivity index (χ2v) is 7.52. The Morgan fingerprint density at radius 1 is 1.15 bits per heavy atom. The van der Waals surface area contributed by atoms with Crippen molar-refractivity contribution < 1.29 is 9.53 Å². The molecule has 2 aromatic carbocycles. The first-order chi connectivity index (χ1) is 13.1. The van der Waals surface area contributed by atoms with E-state index in [2.05, 4.69) is 17.2 Å². The molecule has 7 heteroatoms. The number of thiazole rings is 1. The van der Waals surface area contributed by atoms with Gasteiger partial charge in [-0.25, -0.2) is 4.98 Å². The quantitative estimate of drug-likeness (QED) is 0.440. The minimum atomic E-state index is -0.217. The van der Waals surface area contributed by atoms with Crippen molar-refractivity contribution >= 4 is 45.6 Å². The molecule has 0 aliphatic carbocycles. The normalized spacial score (nSPS) is 10.6. The molecule has 0 aliphatic heterocycles. The van der Waals surface area contributed by atoms with Gasteiger partial charge in [-0.3, -0.25) is 10.1 Å². The van der Waals surface area contributed by atoms with Crippen LogP contribution in [0, 0.1) is 0 Å². The van der Waals surface area contributed by atoms with Crippen LogP contribution in [0.3, 0.4) is 0 Å². The molecular weight excluding hydrogens is 403 g/mol. The molecule has 0 saturated carbocycles. The van der Waals surface area contributed by atoms with Crippen molar-refractivity contribution in [3.05, 3.63) is 63.5 Å². The number of hydrogen-bond acceptors (Lipinski definition) is 4. The lowest BCUT2D eigenvalue weighted by Crippen LogP contribution is -2.11. The Balaban J connectivity index is 1.64. The fraction of sp³-hybridized carbons (Fsp3) is 0.200. The van der Waals surface area contributed by atoms with Gasteiger partial charge in [0.05, 0.1) is 22.3 Å². The summed E-state index contributed by atoms with van der Waals surface area (Å²) >= 11 is 13.3. The SMILES string of the molecule is CCCCOc1ccc(C(=O)Nc2nc(-c3ccc(Cl)c(Cl)c3)cs2)cc1. The smallest absolute Gasteiger partial charge is 0.257 e. The van der Waals surface area contributed by atoms with E-state index in [1.54, 1.807) is 36.4 Å². The number of benzene rings is 2. The van der Waals surface area contributed by atoms with Crippen LogP contribution in [-0.4, -0.2) is 17.5 Å². The summed E-state index contributed by atoms with van der Waals surface area (Å²) in [5.74, 6) is 0.543. The maximum absolute atomic E-state index is 12.4. The number of anilines is 1. The summed E-state index contributed by atoms with van der Waals surface area (Å²) in [4.78, 5) is 16.9. The number of carbonyl (C=O) groups excluding carboxylic acids is 1. The number of nitrogens with zero attached hydrogens (tertiary/aromatic N) is 1. The van der Waals surface area contributed by atoms with Gasteiger partial charge < -0.3 is 4.74 Å². The zero-order chi connectivity index (χ0) is 19.2. The fourth-order valence-electron chi connectivity index (χ4n) is 2.33. The third-order valence-corrected chi connectivity index (χ3v) is 5.32. The summed E-state index contributed by atoms with van der Waals surface area (Å²) in [6.07, 6.45) is 2.09. The molecule has 0 spiro atoms. The number of unbranched alkanes of at least 4 members (excludes halogenated alkanes) is 1. The van der Waals surface area contributed by atoms with E-state index in [0.29, 0.717) is 27.3 Å². The molecule has 3 aromatic rings. The molecule has 3 rings (SSSR count). The van der Waals surface area contributed by atoms with E-state index in [-0.39, 0.29) is 5.91 Å². The summed E-state index contributed by atoms with van der Waals surface area (Å²) in [7, 11) is 0. The van der Waals surface area contributed by atoms with Crippen LogP contribution in [0.1, 0.15) is 30.1 Å². The molecule has 1 aromatic heterocycles. The fourth-order valence-corrected chi connectivity index (χ4v) is 3.34. The highest BCUT2D eigenvalue weighted by Crippen LogP contribution is 2.30. The average molecular weight is 421 g/mol. The number of hydrogen-bond donors (Lipinski definition) is 1. The Labute approximate surface area is 172 Å². The third kappa shape index (κ3) is 5.22. The first-order valence-electron chi connectivity index (χ1n) is 8.52. The second-order valence-electron chi connectivity index (χ2n) is 5.85. The molecule has 4 nitrogen and oxygen atoms in total. The number of amides is 1. The maximum atomic E-state index is 12.4. The Bertz CT molecular complexity index is 926. The van der Waals surface area contributed by atoms with Crippen molar-refractivity contribution in [1.82, 2.24) is 4.98 Å². The zero-order valence-corrected chi connectivity index (χ0v) is 17.0. The number of nitrogens with one attached hydrogen (secondary N) is 1. The number of ether oxygens (including phenoxy) is 1. The first kappa shape index (κ1) is 19.7. The van der Waals surface area contributed by atoms with Crippen molar-refractivity contribution in [2.45, 2.75) is 19.8 Å². The molecule has 0 atom stereocenters. The molecule has 0 bridgehead atoms. The van der Waals surface area contributed by atoms with Crippen LogP contribution < -0.4 is 10.1 Å². The highest BCUT2D eigenvalue weighted by molar-refractivity contribution is 7.14. The molecule has 0 unspecified atom stereocenters. The Morgan fingerprint density at radius 2 is 1.93 bits per heavy atom. The van der Waals surface area contributed by atoms with E-state index < -0.39 is 0 Å². The van der Waals surface area contributed by atoms with Gasteiger partial charge in [-0.15, -0.1) is 11.3 Å². The number of halogens is 2. The largest absolute Gasteiger partial charge is 0.494 e. The van der Waals surface area contributed by atoms with Gasteiger partial charge in [0.1, 0.15) is 5.75 Å². The molecule has 0 fully saturated rings. The summed E-state index contributed by atoms with van der Waals surface area (Å²) in [6.45, 7) is 2.79. The van der Waals surface area contributed by atoms with Crippen molar-refractivity contribution in [2.24, 2.45) is 0 Å². The first-order valence-corrected chi connectivity index (χ1v) is 10.2. The minimum absolute atomic E-state index is 0.217. The molecule has 140 valence electrons. The van der Waals surface area contributed by atoms with E-state index in [1.807, 2.05) is 11.4 Å². The van der Waals surface area contributed by atoms with Gasteiger partial charge in [-0.05, 0) is 42.8 Å². The Morgan fingerprint density at radius 3 is 2.63 bits per heavy atom. The number of aromatic nitrogens is 1. The van der Waals surface area contributed by atoms with Crippen LogP contribution in [0.5, 0.6) is 5.75 Å². The van der Waals surface area contributed by atoms with E-state index in [4.69, 9.17) is 27.9 Å². The average Bonchev–Trinajstić information content (AvgIpc) is 3.13. The second kappa shape index (κ2) is 9.22. The van der Waals surface area contributed by atoms with E-state index in [0.717, 1.165) is 29.8 Å². The highest BCUT2D eigenvalue weighted by Gasteiger charge is 2.11. The van der Waals surface area contributed by atoms with Gasteiger partial charge in [0.15, 0.2) is 5.13 Å². The van der Waals surface area contributed by atoms with Crippen LogP contribution in [-0.2, 0) is 0 Å². The molecule has 1 heterocycles. The third-order valence-electron chi connectivity index (χ3n) is 3.82. The topological polar surface area (TPSA) is 51.2 Å². The monoisotopic (exact) mass is 420 g/mol. The summed E-state index contributed by atoms with van der Waals surface area (Å²) in [6, 6.07) is 12.4. The maximum Gasteiger partial charge on any atom is 0.257 e. The lowest BCUT2D eigenvalue weighted by molar-refractivity contribution is 0.102. The Hall–Kier alpha value is -2.08. The standard InChI is InChI=1S/C20H18Cl2N2O2S/c1-2-3-10-26-15-7-4-13(5-8-15)19(25)24-20-23-18(12-27-20)14-6-9-16(21)17(22)11-14/h4-9,11-12H,2-3,10H2,1H3,(H,23,24,25). The molecule has 1 amide bonds. The van der Waals surface area contributed by atoms with Crippen LogP contribution in [0.25, 0.3) is 11.3 Å². The van der Waals surface area contributed by atoms with E-state index in [9.17, 15) is 4.79 Å². The number of carbonyl (C=O) groups is 1. The predicted octanol–water partition coefficient (Wildman–Crippen LogP) is 6.55. The van der Waals surface area contributed by atoms with Crippen molar-refractivity contribution in [3.8, 4) is 17.0 Å². The van der Waals surface area contributed by atoms with Crippen molar-refractivity contribution in [3.63, 3.8) is 0 Å². The van der Waals surface area contributed by atoms with Gasteiger partial charge in [0.2, 0.25) is 0 Å². The van der Waals surface area contributed by atoms with Crippen molar-refractivity contribution in [2.75, 3.05) is 11.9 Å². The molecule has 0 radical (unpaired) electrons. The molecule has 0 saturated heterocycles. The molecule has 27 heavy (non-hydrogen) atoms. The van der Waals surface area contributed by atoms with Gasteiger partial charge in [0, 0.05) is 16.5 Å². The van der Waals surface area contributed by atoms with Crippen LogP contribution in [0.4, 0.5) is 5.13 Å². The predicted molar refractivity (Wildman–Crippen MR) is 112 cm³/mol. The van der Waals surface area contributed by atoms with E-state index in [1.165, 1.54) is 11.3 Å². The van der Waals surface area contributed by atoms with Gasteiger partial charge in [0.25, 0.3) is 5.91 Å². The highest BCUT2D eigenvalue weighted by atomic mass is 35.5. The lowest BCUT2D eigenvalue weighted by atomic mass is 10.2. The van der Waals surface area contributed by atoms with Gasteiger partial charge >= 0.3 is 0 Å². The van der Waals surface area contributed by atoms with Gasteiger partial charge in [-0.2, -0.15) is 0 Å². The van der Waals surface area contributed by atoms with Gasteiger partial charge in [-0.1, -0.05) is 42.6 Å². The minimum Gasteiger partial charge on any atom is -0.494 e. The number of rotatable bonds is 7.